The molecule has 0 saturated heterocycles. The third-order valence-electron chi connectivity index (χ3n) is 4.40. The van der Waals surface area contributed by atoms with Gasteiger partial charge < -0.3 is 9.42 Å². The first kappa shape index (κ1) is 14.0. The Labute approximate surface area is 135 Å². The van der Waals surface area contributed by atoms with Crippen molar-refractivity contribution in [3.63, 3.8) is 0 Å². The number of hydrogen-bond donors (Lipinski definition) is 0. The monoisotopic (exact) mass is 305 g/mol. The minimum Gasteiger partial charge on any atom is -0.362 e. The van der Waals surface area contributed by atoms with E-state index in [9.17, 15) is 0 Å². The predicted molar refractivity (Wildman–Crippen MR) is 90.3 cm³/mol. The lowest BCUT2D eigenvalue weighted by atomic mass is 10.1. The highest BCUT2D eigenvalue weighted by Gasteiger charge is 2.20. The molecule has 1 aliphatic heterocycles. The molecule has 1 aromatic heterocycles. The van der Waals surface area contributed by atoms with Crippen molar-refractivity contribution in [1.29, 1.82) is 0 Å². The van der Waals surface area contributed by atoms with E-state index in [0.717, 1.165) is 24.9 Å². The fourth-order valence-corrected chi connectivity index (χ4v) is 3.06. The van der Waals surface area contributed by atoms with Gasteiger partial charge in [0, 0.05) is 17.8 Å². The molecule has 0 saturated carbocycles. The van der Waals surface area contributed by atoms with E-state index >= 15 is 0 Å². The van der Waals surface area contributed by atoms with Crippen molar-refractivity contribution >= 4 is 5.69 Å². The summed E-state index contributed by atoms with van der Waals surface area (Å²) in [5, 5.41) is 4.13. The number of aromatic nitrogens is 2. The van der Waals surface area contributed by atoms with E-state index in [-0.39, 0.29) is 0 Å². The molecule has 2 aromatic carbocycles. The largest absolute Gasteiger partial charge is 0.362 e. The van der Waals surface area contributed by atoms with Gasteiger partial charge >= 0.3 is 0 Å². The van der Waals surface area contributed by atoms with Crippen molar-refractivity contribution < 1.29 is 4.52 Å². The molecule has 0 fully saturated rings. The van der Waals surface area contributed by atoms with E-state index in [1.807, 2.05) is 0 Å². The second kappa shape index (κ2) is 5.88. The summed E-state index contributed by atoms with van der Waals surface area (Å²) >= 11 is 0. The summed E-state index contributed by atoms with van der Waals surface area (Å²) in [6, 6.07) is 16.8. The molecule has 0 aliphatic carbocycles. The SMILES string of the molecule is CCc1ccc(-c2noc(CN3CCc4ccccc43)n2)cc1. The van der Waals surface area contributed by atoms with Gasteiger partial charge in [0.1, 0.15) is 0 Å². The first-order valence-corrected chi connectivity index (χ1v) is 8.08. The number of fused-ring (bicyclic) bond motifs is 1. The van der Waals surface area contributed by atoms with Gasteiger partial charge in [-0.15, -0.1) is 0 Å². The van der Waals surface area contributed by atoms with Gasteiger partial charge in [0.2, 0.25) is 11.7 Å². The van der Waals surface area contributed by atoms with Crippen molar-refractivity contribution in [2.24, 2.45) is 0 Å². The van der Waals surface area contributed by atoms with Crippen LogP contribution < -0.4 is 4.90 Å². The fraction of sp³-hybridized carbons (Fsp3) is 0.263. The summed E-state index contributed by atoms with van der Waals surface area (Å²) in [6.45, 7) is 3.81. The average Bonchev–Trinajstić information content (AvgIpc) is 3.23. The Morgan fingerprint density at radius 3 is 2.74 bits per heavy atom. The lowest BCUT2D eigenvalue weighted by Crippen LogP contribution is -2.19. The van der Waals surface area contributed by atoms with Crippen LogP contribution in [0.4, 0.5) is 5.69 Å². The lowest BCUT2D eigenvalue weighted by Gasteiger charge is -2.16. The second-order valence-electron chi connectivity index (χ2n) is 5.86. The van der Waals surface area contributed by atoms with Crippen molar-refractivity contribution in [3.8, 4) is 11.4 Å². The van der Waals surface area contributed by atoms with Gasteiger partial charge in [0.05, 0.1) is 6.54 Å². The van der Waals surface area contributed by atoms with Gasteiger partial charge in [-0.3, -0.25) is 0 Å². The van der Waals surface area contributed by atoms with Crippen LogP contribution in [-0.4, -0.2) is 16.7 Å². The van der Waals surface area contributed by atoms with Crippen LogP contribution in [-0.2, 0) is 19.4 Å². The topological polar surface area (TPSA) is 42.2 Å². The Morgan fingerprint density at radius 1 is 1.09 bits per heavy atom. The van der Waals surface area contributed by atoms with Crippen molar-refractivity contribution in [3.05, 3.63) is 65.5 Å². The quantitative estimate of drug-likeness (QED) is 0.734. The summed E-state index contributed by atoms with van der Waals surface area (Å²) in [6.07, 6.45) is 2.11. The highest BCUT2D eigenvalue weighted by atomic mass is 16.5. The molecule has 0 N–H and O–H groups in total. The minimum absolute atomic E-state index is 0.662. The van der Waals surface area contributed by atoms with Crippen LogP contribution in [0.25, 0.3) is 11.4 Å². The van der Waals surface area contributed by atoms with Crippen LogP contribution >= 0.6 is 0 Å². The molecule has 0 atom stereocenters. The van der Waals surface area contributed by atoms with Gasteiger partial charge in [0.15, 0.2) is 0 Å². The molecule has 0 unspecified atom stereocenters. The van der Waals surface area contributed by atoms with Crippen LogP contribution in [0.2, 0.25) is 0 Å². The zero-order valence-corrected chi connectivity index (χ0v) is 13.2. The summed E-state index contributed by atoms with van der Waals surface area (Å²) in [4.78, 5) is 6.85. The molecule has 3 aromatic rings. The molecule has 4 nitrogen and oxygen atoms in total. The molecule has 4 heteroatoms. The maximum atomic E-state index is 5.45. The van der Waals surface area contributed by atoms with Crippen LogP contribution in [0.1, 0.15) is 23.9 Å². The first-order valence-electron chi connectivity index (χ1n) is 8.08. The zero-order chi connectivity index (χ0) is 15.6. The van der Waals surface area contributed by atoms with Gasteiger partial charge in [-0.1, -0.05) is 54.5 Å². The predicted octanol–water partition coefficient (Wildman–Crippen LogP) is 3.86. The van der Waals surface area contributed by atoms with Crippen molar-refractivity contribution in [1.82, 2.24) is 10.1 Å². The minimum atomic E-state index is 0.662. The Balaban J connectivity index is 1.52. The molecule has 2 heterocycles. The number of para-hydroxylation sites is 1. The summed E-state index contributed by atoms with van der Waals surface area (Å²) in [5.41, 5.74) is 4.98. The van der Waals surface area contributed by atoms with Gasteiger partial charge in [-0.05, 0) is 30.0 Å². The average molecular weight is 305 g/mol. The number of aryl methyl sites for hydroxylation is 1. The molecule has 1 aliphatic rings. The fourth-order valence-electron chi connectivity index (χ4n) is 3.06. The van der Waals surface area contributed by atoms with E-state index in [4.69, 9.17) is 4.52 Å². The highest BCUT2D eigenvalue weighted by Crippen LogP contribution is 2.28. The standard InChI is InChI=1S/C19H19N3O/c1-2-14-7-9-16(10-8-14)19-20-18(23-21-19)13-22-12-11-15-5-3-4-6-17(15)22/h3-10H,2,11-13H2,1H3. The van der Waals surface area contributed by atoms with Crippen LogP contribution in [0.3, 0.4) is 0 Å². The maximum absolute atomic E-state index is 5.45. The van der Waals surface area contributed by atoms with E-state index in [0.29, 0.717) is 18.3 Å². The van der Waals surface area contributed by atoms with E-state index in [2.05, 4.69) is 70.5 Å². The summed E-state index contributed by atoms with van der Waals surface area (Å²) in [7, 11) is 0. The molecular formula is C19H19N3O. The van der Waals surface area contributed by atoms with Crippen molar-refractivity contribution in [2.45, 2.75) is 26.3 Å². The third-order valence-corrected chi connectivity index (χ3v) is 4.40. The second-order valence-corrected chi connectivity index (χ2v) is 5.86. The summed E-state index contributed by atoms with van der Waals surface area (Å²) in [5.74, 6) is 1.33. The number of nitrogens with zero attached hydrogens (tertiary/aromatic N) is 3. The third kappa shape index (κ3) is 2.72. The first-order chi connectivity index (χ1) is 11.3. The number of hydrogen-bond acceptors (Lipinski definition) is 4. The van der Waals surface area contributed by atoms with Gasteiger partial charge in [0.25, 0.3) is 0 Å². The lowest BCUT2D eigenvalue weighted by molar-refractivity contribution is 0.377. The number of anilines is 1. The van der Waals surface area contributed by atoms with Gasteiger partial charge in [-0.25, -0.2) is 0 Å². The Morgan fingerprint density at radius 2 is 1.91 bits per heavy atom. The molecule has 0 spiro atoms. The van der Waals surface area contributed by atoms with E-state index < -0.39 is 0 Å². The molecule has 0 radical (unpaired) electrons. The molecule has 23 heavy (non-hydrogen) atoms. The van der Waals surface area contributed by atoms with E-state index in [1.54, 1.807) is 0 Å². The van der Waals surface area contributed by atoms with E-state index in [1.165, 1.54) is 16.8 Å². The Bertz CT molecular complexity index is 807. The summed E-state index contributed by atoms with van der Waals surface area (Å²) < 4.78 is 5.45. The smallest absolute Gasteiger partial charge is 0.246 e. The molecule has 116 valence electrons. The van der Waals surface area contributed by atoms with Crippen LogP contribution in [0.5, 0.6) is 0 Å². The Hall–Kier alpha value is -2.62. The molecule has 4 rings (SSSR count). The van der Waals surface area contributed by atoms with Crippen LogP contribution in [0.15, 0.2) is 53.1 Å². The highest BCUT2D eigenvalue weighted by molar-refractivity contribution is 5.58. The molecule has 0 bridgehead atoms. The zero-order valence-electron chi connectivity index (χ0n) is 13.2. The van der Waals surface area contributed by atoms with Gasteiger partial charge in [-0.2, -0.15) is 4.98 Å². The maximum Gasteiger partial charge on any atom is 0.246 e. The Kier molecular flexibility index (Phi) is 3.58. The number of rotatable bonds is 4. The molecule has 0 amide bonds. The normalized spacial score (nSPS) is 13.3. The van der Waals surface area contributed by atoms with Crippen molar-refractivity contribution in [2.75, 3.05) is 11.4 Å². The number of benzene rings is 2. The van der Waals surface area contributed by atoms with Crippen LogP contribution in [0, 0.1) is 0 Å². The molecular weight excluding hydrogens is 286 g/mol.